The van der Waals surface area contributed by atoms with Gasteiger partial charge in [0.1, 0.15) is 11.3 Å². The molecule has 2 aliphatic heterocycles. The molecule has 1 aromatic carbocycles. The van der Waals surface area contributed by atoms with Gasteiger partial charge >= 0.3 is 6.03 Å². The van der Waals surface area contributed by atoms with Gasteiger partial charge in [0.2, 0.25) is 5.91 Å². The molecule has 0 radical (unpaired) electrons. The molecule has 13 nitrogen and oxygen atoms in total. The van der Waals surface area contributed by atoms with Gasteiger partial charge in [-0.25, -0.2) is 19.7 Å². The minimum Gasteiger partial charge on any atom is -0.378 e. The molecule has 5 heterocycles. The van der Waals surface area contributed by atoms with E-state index in [1.807, 2.05) is 30.5 Å². The lowest BCUT2D eigenvalue weighted by Crippen LogP contribution is -2.37. The van der Waals surface area contributed by atoms with Crippen molar-refractivity contribution in [1.29, 1.82) is 0 Å². The molecule has 0 spiro atoms. The van der Waals surface area contributed by atoms with Crippen molar-refractivity contribution in [1.82, 2.24) is 24.9 Å². The summed E-state index contributed by atoms with van der Waals surface area (Å²) < 4.78 is 5.56. The van der Waals surface area contributed by atoms with Gasteiger partial charge in [0.15, 0.2) is 11.6 Å². The summed E-state index contributed by atoms with van der Waals surface area (Å²) in [5, 5.41) is 14.4. The Labute approximate surface area is 242 Å². The second-order valence-corrected chi connectivity index (χ2v) is 10.1. The number of benzene rings is 1. The number of morpholine rings is 1. The number of likely N-dealkylation sites (N-methyl/N-ethyl adjacent to an activating group) is 1. The molecular weight excluding hydrogens is 536 g/mol. The predicted molar refractivity (Wildman–Crippen MR) is 161 cm³/mol. The number of hydrazone groups is 1. The van der Waals surface area contributed by atoms with E-state index in [2.05, 4.69) is 37.0 Å². The number of nitrogens with zero attached hydrogens (tertiary/aromatic N) is 7. The molecule has 3 amide bonds. The van der Waals surface area contributed by atoms with Crippen molar-refractivity contribution in [2.75, 3.05) is 60.7 Å². The molecule has 0 bridgehead atoms. The summed E-state index contributed by atoms with van der Waals surface area (Å²) in [6.07, 6.45) is 5.45. The van der Waals surface area contributed by atoms with Crippen molar-refractivity contribution in [2.45, 2.75) is 12.8 Å². The number of ether oxygens (including phenoxy) is 1. The van der Waals surface area contributed by atoms with Crippen LogP contribution in [-0.4, -0.2) is 83.0 Å². The Morgan fingerprint density at radius 1 is 0.929 bits per heavy atom. The Morgan fingerprint density at radius 3 is 2.36 bits per heavy atom. The Balaban J connectivity index is 1.22. The van der Waals surface area contributed by atoms with Crippen LogP contribution in [0, 0.1) is 0 Å². The van der Waals surface area contributed by atoms with Crippen LogP contribution in [0.15, 0.2) is 60.0 Å². The molecule has 1 saturated heterocycles. The lowest BCUT2D eigenvalue weighted by atomic mass is 10.0. The number of hydrogen-bond acceptors (Lipinski definition) is 10. The van der Waals surface area contributed by atoms with Crippen LogP contribution in [0.4, 0.5) is 27.8 Å². The van der Waals surface area contributed by atoms with Gasteiger partial charge in [-0.2, -0.15) is 5.10 Å². The average molecular weight is 567 g/mol. The maximum Gasteiger partial charge on any atom is 0.324 e. The van der Waals surface area contributed by atoms with Crippen LogP contribution < -0.4 is 20.9 Å². The summed E-state index contributed by atoms with van der Waals surface area (Å²) in [7, 11) is 1.95. The zero-order valence-corrected chi connectivity index (χ0v) is 23.2. The van der Waals surface area contributed by atoms with E-state index in [0.717, 1.165) is 29.0 Å². The fourth-order valence-corrected chi connectivity index (χ4v) is 4.83. The van der Waals surface area contributed by atoms with Crippen molar-refractivity contribution in [3.05, 3.63) is 60.4 Å². The van der Waals surface area contributed by atoms with Crippen molar-refractivity contribution in [3.63, 3.8) is 0 Å². The lowest BCUT2D eigenvalue weighted by Gasteiger charge is -2.28. The number of carbonyl (C=O) groups excluding carboxylic acids is 2. The predicted octanol–water partition coefficient (Wildman–Crippen LogP) is 3.54. The third-order valence-electron chi connectivity index (χ3n) is 6.91. The molecule has 6 rings (SSSR count). The zero-order chi connectivity index (χ0) is 29.1. The van der Waals surface area contributed by atoms with Crippen LogP contribution in [0.3, 0.4) is 0 Å². The highest BCUT2D eigenvalue weighted by molar-refractivity contribution is 5.99. The highest BCUT2D eigenvalue weighted by Gasteiger charge is 2.22. The van der Waals surface area contributed by atoms with Crippen molar-refractivity contribution in [2.24, 2.45) is 5.10 Å². The van der Waals surface area contributed by atoms with Gasteiger partial charge < -0.3 is 20.3 Å². The number of pyridine rings is 2. The fraction of sp³-hybridized carbons (Fsp3) is 0.276. The van der Waals surface area contributed by atoms with Gasteiger partial charge in [0.25, 0.3) is 0 Å². The summed E-state index contributed by atoms with van der Waals surface area (Å²) >= 11 is 0. The van der Waals surface area contributed by atoms with E-state index >= 15 is 0 Å². The number of hydrogen-bond donors (Lipinski definition) is 3. The SMILES string of the molecule is CC(=O)Nc1ccc(NC(=O)Nc2ccc(-c3nc(N4CCOCC4)c4ncc(C5C=NN(C)C5)cc4n3)cn2)cc1. The van der Waals surface area contributed by atoms with Gasteiger partial charge in [0.05, 0.1) is 18.7 Å². The van der Waals surface area contributed by atoms with Gasteiger partial charge in [0, 0.05) is 75.1 Å². The van der Waals surface area contributed by atoms with Gasteiger partial charge in [-0.3, -0.25) is 20.1 Å². The van der Waals surface area contributed by atoms with E-state index in [4.69, 9.17) is 19.7 Å². The number of carbonyl (C=O) groups is 2. The molecule has 3 aromatic heterocycles. The molecule has 2 aliphatic rings. The first-order valence-electron chi connectivity index (χ1n) is 13.6. The third-order valence-corrected chi connectivity index (χ3v) is 6.91. The van der Waals surface area contributed by atoms with Crippen LogP contribution in [0.1, 0.15) is 18.4 Å². The Hall–Kier alpha value is -5.17. The summed E-state index contributed by atoms with van der Waals surface area (Å²) in [4.78, 5) is 44.9. The van der Waals surface area contributed by atoms with E-state index < -0.39 is 6.03 Å². The maximum absolute atomic E-state index is 12.5. The van der Waals surface area contributed by atoms with E-state index in [1.165, 1.54) is 6.92 Å². The fourth-order valence-electron chi connectivity index (χ4n) is 4.83. The first-order chi connectivity index (χ1) is 20.4. The topological polar surface area (TPSA) is 150 Å². The lowest BCUT2D eigenvalue weighted by molar-refractivity contribution is -0.114. The van der Waals surface area contributed by atoms with Crippen LogP contribution in [-0.2, 0) is 9.53 Å². The standard InChI is InChI=1S/C29H30N10O3/c1-18(40)33-22-4-6-23(7-5-22)34-29(41)36-25-8-3-19(14-30-25)27-35-24-13-20(21-16-32-38(2)17-21)15-31-26(24)28(37-27)39-9-11-42-12-10-39/h3-8,13-16,21H,9-12,17H2,1-2H3,(H,33,40)(H2,30,34,36,41). The molecule has 42 heavy (non-hydrogen) atoms. The number of anilines is 4. The van der Waals surface area contributed by atoms with Crippen molar-refractivity contribution >= 4 is 52.2 Å². The van der Waals surface area contributed by atoms with Crippen LogP contribution in [0.5, 0.6) is 0 Å². The van der Waals surface area contributed by atoms with Crippen molar-refractivity contribution in [3.8, 4) is 11.4 Å². The first kappa shape index (κ1) is 27.0. The highest BCUT2D eigenvalue weighted by atomic mass is 16.5. The molecule has 1 atom stereocenters. The van der Waals surface area contributed by atoms with E-state index in [-0.39, 0.29) is 11.8 Å². The molecule has 4 aromatic rings. The maximum atomic E-state index is 12.5. The molecule has 3 N–H and O–H groups in total. The molecular formula is C29H30N10O3. The normalized spacial score (nSPS) is 16.5. The minimum absolute atomic E-state index is 0.144. The highest BCUT2D eigenvalue weighted by Crippen LogP contribution is 2.29. The van der Waals surface area contributed by atoms with Crippen LogP contribution >= 0.6 is 0 Å². The van der Waals surface area contributed by atoms with E-state index in [1.54, 1.807) is 36.5 Å². The molecule has 13 heteroatoms. The Kier molecular flexibility index (Phi) is 7.56. The largest absolute Gasteiger partial charge is 0.378 e. The average Bonchev–Trinajstić information content (AvgIpc) is 3.44. The monoisotopic (exact) mass is 566 g/mol. The number of rotatable bonds is 6. The van der Waals surface area contributed by atoms with E-state index in [9.17, 15) is 9.59 Å². The first-order valence-corrected chi connectivity index (χ1v) is 13.6. The number of urea groups is 1. The van der Waals surface area contributed by atoms with Crippen LogP contribution in [0.2, 0.25) is 0 Å². The summed E-state index contributed by atoms with van der Waals surface area (Å²) in [6, 6.07) is 11.9. The number of amides is 3. The minimum atomic E-state index is -0.446. The molecule has 0 saturated carbocycles. The quantitative estimate of drug-likeness (QED) is 0.318. The van der Waals surface area contributed by atoms with E-state index in [0.29, 0.717) is 54.9 Å². The third kappa shape index (κ3) is 6.10. The van der Waals surface area contributed by atoms with Crippen LogP contribution in [0.25, 0.3) is 22.4 Å². The smallest absolute Gasteiger partial charge is 0.324 e. The van der Waals surface area contributed by atoms with Crippen molar-refractivity contribution < 1.29 is 14.3 Å². The molecule has 214 valence electrons. The summed E-state index contributed by atoms with van der Waals surface area (Å²) in [6.45, 7) is 4.88. The summed E-state index contributed by atoms with van der Waals surface area (Å²) in [5.74, 6) is 1.62. The van der Waals surface area contributed by atoms with Gasteiger partial charge in [-0.05, 0) is 48.0 Å². The Morgan fingerprint density at radius 2 is 1.69 bits per heavy atom. The second kappa shape index (κ2) is 11.7. The number of aromatic nitrogens is 4. The van der Waals surface area contributed by atoms with Gasteiger partial charge in [-0.15, -0.1) is 0 Å². The molecule has 1 unspecified atom stereocenters. The molecule has 1 fully saturated rings. The molecule has 0 aliphatic carbocycles. The zero-order valence-electron chi connectivity index (χ0n) is 23.2. The Bertz CT molecular complexity index is 1640. The number of nitrogens with one attached hydrogen (secondary N) is 3. The summed E-state index contributed by atoms with van der Waals surface area (Å²) in [5.41, 5.74) is 4.45. The number of fused-ring (bicyclic) bond motifs is 1. The second-order valence-electron chi connectivity index (χ2n) is 10.1. The van der Waals surface area contributed by atoms with Gasteiger partial charge in [-0.1, -0.05) is 0 Å².